The molecule has 1 aromatic carbocycles. The molecule has 4 nitrogen and oxygen atoms in total. The molecule has 102 valence electrons. The van der Waals surface area contributed by atoms with Gasteiger partial charge in [0.05, 0.1) is 11.9 Å². The quantitative estimate of drug-likeness (QED) is 0.835. The van der Waals surface area contributed by atoms with Crippen molar-refractivity contribution in [1.29, 1.82) is 0 Å². The third kappa shape index (κ3) is 2.66. The Hall–Kier alpha value is -1.91. The highest BCUT2D eigenvalue weighted by molar-refractivity contribution is 6.29. The van der Waals surface area contributed by atoms with Crippen molar-refractivity contribution in [3.05, 3.63) is 58.9 Å². The molecule has 3 rings (SSSR count). The molecule has 2 N–H and O–H groups in total. The maximum Gasteiger partial charge on any atom is 0.246 e. The Bertz CT molecular complexity index is 627. The van der Waals surface area contributed by atoms with E-state index < -0.39 is 0 Å². The zero-order valence-electron chi connectivity index (χ0n) is 10.8. The number of benzene rings is 1. The van der Waals surface area contributed by atoms with E-state index in [2.05, 4.69) is 21.7 Å². The van der Waals surface area contributed by atoms with Gasteiger partial charge in [0.25, 0.3) is 0 Å². The summed E-state index contributed by atoms with van der Waals surface area (Å²) < 4.78 is 0. The first kappa shape index (κ1) is 13.1. The van der Waals surface area contributed by atoms with Gasteiger partial charge in [-0.1, -0.05) is 35.9 Å². The Balaban J connectivity index is 1.80. The monoisotopic (exact) mass is 287 g/mol. The predicted octanol–water partition coefficient (Wildman–Crippen LogP) is 2.56. The minimum absolute atomic E-state index is 0.0822. The second-order valence-electron chi connectivity index (χ2n) is 4.69. The maximum absolute atomic E-state index is 12.4. The van der Waals surface area contributed by atoms with Crippen LogP contribution < -0.4 is 10.6 Å². The lowest BCUT2D eigenvalue weighted by Crippen LogP contribution is -2.38. The number of anilines is 1. The van der Waals surface area contributed by atoms with Crippen molar-refractivity contribution in [1.82, 2.24) is 10.3 Å². The largest absolute Gasteiger partial charge is 0.323 e. The van der Waals surface area contributed by atoms with E-state index in [1.807, 2.05) is 18.2 Å². The molecule has 0 bridgehead atoms. The molecule has 2 aromatic rings. The van der Waals surface area contributed by atoms with E-state index in [-0.39, 0.29) is 11.9 Å². The van der Waals surface area contributed by atoms with Crippen LogP contribution in [-0.4, -0.2) is 17.4 Å². The zero-order chi connectivity index (χ0) is 13.9. The summed E-state index contributed by atoms with van der Waals surface area (Å²) >= 11 is 5.73. The fourth-order valence-corrected chi connectivity index (χ4v) is 2.51. The van der Waals surface area contributed by atoms with Gasteiger partial charge in [-0.15, -0.1) is 0 Å². The van der Waals surface area contributed by atoms with E-state index in [1.54, 1.807) is 18.3 Å². The highest BCUT2D eigenvalue weighted by Crippen LogP contribution is 2.24. The van der Waals surface area contributed by atoms with Gasteiger partial charge in [0.2, 0.25) is 5.91 Å². The third-order valence-electron chi connectivity index (χ3n) is 3.37. The lowest BCUT2D eigenvalue weighted by atomic mass is 9.94. The minimum Gasteiger partial charge on any atom is -0.323 e. The Morgan fingerprint density at radius 2 is 2.15 bits per heavy atom. The van der Waals surface area contributed by atoms with Gasteiger partial charge < -0.3 is 10.6 Å². The number of fused-ring (bicyclic) bond motifs is 1. The van der Waals surface area contributed by atoms with Gasteiger partial charge in [-0.05, 0) is 29.7 Å². The lowest BCUT2D eigenvalue weighted by Gasteiger charge is -2.25. The summed E-state index contributed by atoms with van der Waals surface area (Å²) in [6.07, 6.45) is 2.50. The van der Waals surface area contributed by atoms with E-state index in [0.717, 1.165) is 18.5 Å². The van der Waals surface area contributed by atoms with Crippen LogP contribution in [0.25, 0.3) is 0 Å². The summed E-state index contributed by atoms with van der Waals surface area (Å²) in [7, 11) is 0. The Morgan fingerprint density at radius 3 is 2.95 bits per heavy atom. The third-order valence-corrected chi connectivity index (χ3v) is 3.59. The number of carbonyl (C=O) groups excluding carboxylic acids is 1. The van der Waals surface area contributed by atoms with Crippen molar-refractivity contribution in [2.45, 2.75) is 12.5 Å². The topological polar surface area (TPSA) is 54.0 Å². The van der Waals surface area contributed by atoms with Crippen LogP contribution in [0, 0.1) is 0 Å². The molecule has 5 heteroatoms. The number of nitrogens with one attached hydrogen (secondary N) is 2. The summed E-state index contributed by atoms with van der Waals surface area (Å²) in [6, 6.07) is 11.1. The molecule has 0 saturated heterocycles. The molecular weight excluding hydrogens is 274 g/mol. The summed E-state index contributed by atoms with van der Waals surface area (Å²) in [5, 5.41) is 6.51. The molecule has 20 heavy (non-hydrogen) atoms. The fraction of sp³-hybridized carbons (Fsp3) is 0.200. The number of nitrogens with zero attached hydrogens (tertiary/aromatic N) is 1. The van der Waals surface area contributed by atoms with Gasteiger partial charge >= 0.3 is 0 Å². The van der Waals surface area contributed by atoms with Gasteiger partial charge in [0.1, 0.15) is 11.2 Å². The molecule has 1 unspecified atom stereocenters. The molecule has 1 aromatic heterocycles. The van der Waals surface area contributed by atoms with E-state index in [4.69, 9.17) is 11.6 Å². The van der Waals surface area contributed by atoms with Crippen LogP contribution in [0.15, 0.2) is 42.6 Å². The zero-order valence-corrected chi connectivity index (χ0v) is 11.5. The summed E-state index contributed by atoms with van der Waals surface area (Å²) in [5.41, 5.74) is 2.91. The second-order valence-corrected chi connectivity index (χ2v) is 5.08. The van der Waals surface area contributed by atoms with Gasteiger partial charge in [-0.3, -0.25) is 4.79 Å². The first-order valence-corrected chi connectivity index (χ1v) is 6.85. The maximum atomic E-state index is 12.4. The molecule has 0 aliphatic carbocycles. The molecule has 1 atom stereocenters. The van der Waals surface area contributed by atoms with Crippen molar-refractivity contribution < 1.29 is 4.79 Å². The summed E-state index contributed by atoms with van der Waals surface area (Å²) in [4.78, 5) is 16.3. The van der Waals surface area contributed by atoms with Gasteiger partial charge in [0.15, 0.2) is 0 Å². The first-order valence-electron chi connectivity index (χ1n) is 6.47. The van der Waals surface area contributed by atoms with Gasteiger partial charge in [0, 0.05) is 6.54 Å². The van der Waals surface area contributed by atoms with Crippen LogP contribution >= 0.6 is 11.6 Å². The number of carbonyl (C=O) groups is 1. The fourth-order valence-electron chi connectivity index (χ4n) is 2.40. The van der Waals surface area contributed by atoms with Crippen LogP contribution in [0.1, 0.15) is 17.2 Å². The highest BCUT2D eigenvalue weighted by atomic mass is 35.5. The number of rotatable bonds is 2. The predicted molar refractivity (Wildman–Crippen MR) is 78.8 cm³/mol. The standard InChI is InChI=1S/C15H14ClN3O/c16-13-6-5-11(9-18-13)19-15(20)14-12-4-2-1-3-10(12)7-8-17-14/h1-6,9,14,17H,7-8H2,(H,19,20). The van der Waals surface area contributed by atoms with Crippen molar-refractivity contribution in [2.24, 2.45) is 0 Å². The van der Waals surface area contributed by atoms with Crippen molar-refractivity contribution >= 4 is 23.2 Å². The molecule has 0 saturated carbocycles. The summed E-state index contributed by atoms with van der Waals surface area (Å²) in [5.74, 6) is -0.0822. The molecule has 0 spiro atoms. The first-order chi connectivity index (χ1) is 9.74. The van der Waals surface area contributed by atoms with Crippen molar-refractivity contribution in [2.75, 3.05) is 11.9 Å². The van der Waals surface area contributed by atoms with Gasteiger partial charge in [-0.25, -0.2) is 4.98 Å². The van der Waals surface area contributed by atoms with Crippen LogP contribution in [0.5, 0.6) is 0 Å². The second kappa shape index (κ2) is 5.61. The Kier molecular flexibility index (Phi) is 3.67. The lowest BCUT2D eigenvalue weighted by molar-refractivity contribution is -0.118. The smallest absolute Gasteiger partial charge is 0.246 e. The number of hydrogen-bond donors (Lipinski definition) is 2. The van der Waals surface area contributed by atoms with Gasteiger partial charge in [-0.2, -0.15) is 0 Å². The van der Waals surface area contributed by atoms with E-state index >= 15 is 0 Å². The molecule has 2 heterocycles. The molecule has 1 aliphatic rings. The number of pyridine rings is 1. The molecule has 0 radical (unpaired) electrons. The molecule has 1 aliphatic heterocycles. The van der Waals surface area contributed by atoms with Crippen LogP contribution in [-0.2, 0) is 11.2 Å². The van der Waals surface area contributed by atoms with Crippen LogP contribution in [0.4, 0.5) is 5.69 Å². The molecule has 0 fully saturated rings. The van der Waals surface area contributed by atoms with E-state index in [9.17, 15) is 4.79 Å². The van der Waals surface area contributed by atoms with Crippen LogP contribution in [0.2, 0.25) is 5.15 Å². The highest BCUT2D eigenvalue weighted by Gasteiger charge is 2.25. The number of amides is 1. The molecular formula is C15H14ClN3O. The molecule has 1 amide bonds. The minimum atomic E-state index is -0.323. The number of aromatic nitrogens is 1. The van der Waals surface area contributed by atoms with Crippen molar-refractivity contribution in [3.63, 3.8) is 0 Å². The summed E-state index contributed by atoms with van der Waals surface area (Å²) in [6.45, 7) is 0.800. The van der Waals surface area contributed by atoms with Crippen LogP contribution in [0.3, 0.4) is 0 Å². The Morgan fingerprint density at radius 1 is 1.30 bits per heavy atom. The van der Waals surface area contributed by atoms with E-state index in [0.29, 0.717) is 10.8 Å². The number of hydrogen-bond acceptors (Lipinski definition) is 3. The normalized spacial score (nSPS) is 17.4. The van der Waals surface area contributed by atoms with Crippen molar-refractivity contribution in [3.8, 4) is 0 Å². The number of halogens is 1. The Labute approximate surface area is 122 Å². The average Bonchev–Trinajstić information content (AvgIpc) is 2.49. The van der Waals surface area contributed by atoms with E-state index in [1.165, 1.54) is 5.56 Å². The SMILES string of the molecule is O=C(Nc1ccc(Cl)nc1)C1NCCc2ccccc21. The average molecular weight is 288 g/mol.